The third-order valence-electron chi connectivity index (χ3n) is 4.94. The van der Waals surface area contributed by atoms with Crippen LogP contribution >= 0.6 is 0 Å². The number of ether oxygens (including phenoxy) is 1. The molecule has 1 atom stereocenters. The van der Waals surface area contributed by atoms with Crippen molar-refractivity contribution < 1.29 is 9.53 Å². The van der Waals surface area contributed by atoms with Crippen LogP contribution in [0.15, 0.2) is 41.5 Å². The number of rotatable bonds is 8. The van der Waals surface area contributed by atoms with E-state index >= 15 is 0 Å². The van der Waals surface area contributed by atoms with E-state index in [1.165, 1.54) is 10.9 Å². The molecule has 1 unspecified atom stereocenters. The van der Waals surface area contributed by atoms with Crippen LogP contribution in [0.25, 0.3) is 10.9 Å². The SMILES string of the molecule is CN(C)C(=O)CN=C(NCCCn1ccc2ccccc21)NCC1CCCO1. The Bertz CT molecular complexity index is 793. The molecule has 1 aromatic carbocycles. The molecular weight excluding hydrogens is 354 g/mol. The Morgan fingerprint density at radius 2 is 2.14 bits per heavy atom. The van der Waals surface area contributed by atoms with Crippen LogP contribution in [0.5, 0.6) is 0 Å². The van der Waals surface area contributed by atoms with Gasteiger partial charge in [-0.1, -0.05) is 18.2 Å². The lowest BCUT2D eigenvalue weighted by Crippen LogP contribution is -2.42. The van der Waals surface area contributed by atoms with Gasteiger partial charge in [0.05, 0.1) is 6.10 Å². The normalized spacial score (nSPS) is 17.1. The smallest absolute Gasteiger partial charge is 0.243 e. The Hall–Kier alpha value is -2.54. The first-order chi connectivity index (χ1) is 13.6. The summed E-state index contributed by atoms with van der Waals surface area (Å²) in [5.74, 6) is 0.653. The molecular formula is C21H31N5O2. The maximum Gasteiger partial charge on any atom is 0.243 e. The molecule has 0 aliphatic carbocycles. The van der Waals surface area contributed by atoms with Crippen LogP contribution in [0.3, 0.4) is 0 Å². The number of nitrogens with zero attached hydrogens (tertiary/aromatic N) is 3. The number of aliphatic imine (C=N–C) groups is 1. The van der Waals surface area contributed by atoms with E-state index in [1.54, 1.807) is 19.0 Å². The van der Waals surface area contributed by atoms with Crippen molar-refractivity contribution in [3.63, 3.8) is 0 Å². The molecule has 1 amide bonds. The maximum absolute atomic E-state index is 11.9. The van der Waals surface area contributed by atoms with Gasteiger partial charge in [0.25, 0.3) is 0 Å². The lowest BCUT2D eigenvalue weighted by Gasteiger charge is -2.16. The minimum Gasteiger partial charge on any atom is -0.376 e. The number of nitrogens with one attached hydrogen (secondary N) is 2. The number of amides is 1. The van der Waals surface area contributed by atoms with Gasteiger partial charge in [-0.15, -0.1) is 0 Å². The van der Waals surface area contributed by atoms with E-state index < -0.39 is 0 Å². The second-order valence-electron chi connectivity index (χ2n) is 7.32. The van der Waals surface area contributed by atoms with Crippen LogP contribution in [0.2, 0.25) is 0 Å². The van der Waals surface area contributed by atoms with Crippen LogP contribution in [0.4, 0.5) is 0 Å². The minimum atomic E-state index is -0.0166. The lowest BCUT2D eigenvalue weighted by molar-refractivity contribution is -0.127. The van der Waals surface area contributed by atoms with Gasteiger partial charge in [-0.05, 0) is 36.8 Å². The van der Waals surface area contributed by atoms with Gasteiger partial charge in [0.2, 0.25) is 5.91 Å². The number of hydrogen-bond donors (Lipinski definition) is 2. The van der Waals surface area contributed by atoms with Crippen LogP contribution in [-0.2, 0) is 16.1 Å². The third-order valence-corrected chi connectivity index (χ3v) is 4.94. The molecule has 1 aromatic heterocycles. The van der Waals surface area contributed by atoms with E-state index in [9.17, 15) is 4.79 Å². The van der Waals surface area contributed by atoms with Crippen LogP contribution in [-0.4, -0.2) is 67.8 Å². The van der Waals surface area contributed by atoms with Crippen LogP contribution in [0, 0.1) is 0 Å². The van der Waals surface area contributed by atoms with Gasteiger partial charge in [0.1, 0.15) is 6.54 Å². The van der Waals surface area contributed by atoms with E-state index in [-0.39, 0.29) is 18.6 Å². The molecule has 2 heterocycles. The second kappa shape index (κ2) is 10.1. The summed E-state index contributed by atoms with van der Waals surface area (Å²) in [5, 5.41) is 7.93. The van der Waals surface area contributed by atoms with Gasteiger partial charge < -0.3 is 24.8 Å². The van der Waals surface area contributed by atoms with Crippen LogP contribution < -0.4 is 10.6 Å². The highest BCUT2D eigenvalue weighted by atomic mass is 16.5. The molecule has 7 heteroatoms. The molecule has 1 aliphatic rings. The lowest BCUT2D eigenvalue weighted by atomic mass is 10.2. The molecule has 0 radical (unpaired) electrons. The first kappa shape index (κ1) is 20.2. The Labute approximate surface area is 166 Å². The first-order valence-corrected chi connectivity index (χ1v) is 10.0. The van der Waals surface area contributed by atoms with Crippen molar-refractivity contribution in [1.82, 2.24) is 20.1 Å². The van der Waals surface area contributed by atoms with E-state index in [1.807, 2.05) is 0 Å². The maximum atomic E-state index is 11.9. The van der Waals surface area contributed by atoms with Gasteiger partial charge >= 0.3 is 0 Å². The molecule has 2 N–H and O–H groups in total. The molecule has 2 aromatic rings. The fraction of sp³-hybridized carbons (Fsp3) is 0.524. The fourth-order valence-corrected chi connectivity index (χ4v) is 3.27. The summed E-state index contributed by atoms with van der Waals surface area (Å²) in [6, 6.07) is 10.5. The number of benzene rings is 1. The molecule has 152 valence electrons. The van der Waals surface area contributed by atoms with Crippen molar-refractivity contribution in [2.24, 2.45) is 4.99 Å². The Morgan fingerprint density at radius 1 is 1.29 bits per heavy atom. The molecule has 3 rings (SSSR count). The number of hydrogen-bond acceptors (Lipinski definition) is 3. The van der Waals surface area contributed by atoms with Crippen molar-refractivity contribution in [2.75, 3.05) is 40.3 Å². The molecule has 0 saturated carbocycles. The summed E-state index contributed by atoms with van der Waals surface area (Å²) >= 11 is 0. The predicted octanol–water partition coefficient (Wildman–Crippen LogP) is 1.83. The monoisotopic (exact) mass is 385 g/mol. The fourth-order valence-electron chi connectivity index (χ4n) is 3.27. The number of likely N-dealkylation sites (N-methyl/N-ethyl adjacent to an activating group) is 1. The van der Waals surface area contributed by atoms with Crippen molar-refractivity contribution in [3.8, 4) is 0 Å². The van der Waals surface area contributed by atoms with E-state index in [0.717, 1.165) is 39.0 Å². The zero-order valence-electron chi connectivity index (χ0n) is 16.9. The summed E-state index contributed by atoms with van der Waals surface area (Å²) in [4.78, 5) is 17.8. The number of aryl methyl sites for hydroxylation is 1. The van der Waals surface area contributed by atoms with Crippen molar-refractivity contribution >= 4 is 22.8 Å². The zero-order chi connectivity index (χ0) is 19.8. The summed E-state index contributed by atoms with van der Waals surface area (Å²) in [6.07, 6.45) is 5.49. The summed E-state index contributed by atoms with van der Waals surface area (Å²) in [6.45, 7) is 3.38. The van der Waals surface area contributed by atoms with Crippen LogP contribution in [0.1, 0.15) is 19.3 Å². The minimum absolute atomic E-state index is 0.0166. The number of guanidine groups is 1. The molecule has 28 heavy (non-hydrogen) atoms. The molecule has 0 bridgehead atoms. The van der Waals surface area contributed by atoms with E-state index in [0.29, 0.717) is 12.5 Å². The van der Waals surface area contributed by atoms with Gasteiger partial charge in [-0.25, -0.2) is 4.99 Å². The number of para-hydroxylation sites is 1. The second-order valence-corrected chi connectivity index (χ2v) is 7.32. The highest BCUT2D eigenvalue weighted by Crippen LogP contribution is 2.15. The Morgan fingerprint density at radius 3 is 2.93 bits per heavy atom. The van der Waals surface area contributed by atoms with Crippen molar-refractivity contribution in [1.29, 1.82) is 0 Å². The number of fused-ring (bicyclic) bond motifs is 1. The van der Waals surface area contributed by atoms with Crippen molar-refractivity contribution in [3.05, 3.63) is 36.5 Å². The third kappa shape index (κ3) is 5.73. The largest absolute Gasteiger partial charge is 0.376 e. The first-order valence-electron chi connectivity index (χ1n) is 10.0. The highest BCUT2D eigenvalue weighted by Gasteiger charge is 2.15. The highest BCUT2D eigenvalue weighted by molar-refractivity contribution is 5.84. The predicted molar refractivity (Wildman–Crippen MR) is 113 cm³/mol. The average molecular weight is 386 g/mol. The van der Waals surface area contributed by atoms with Gasteiger partial charge in [0, 0.05) is 52.1 Å². The van der Waals surface area contributed by atoms with Gasteiger partial charge in [-0.3, -0.25) is 4.79 Å². The van der Waals surface area contributed by atoms with Crippen molar-refractivity contribution in [2.45, 2.75) is 31.9 Å². The number of carbonyl (C=O) groups is 1. The van der Waals surface area contributed by atoms with Gasteiger partial charge in [0.15, 0.2) is 5.96 Å². The molecule has 1 saturated heterocycles. The quantitative estimate of drug-likeness (QED) is 0.413. The van der Waals surface area contributed by atoms with Gasteiger partial charge in [-0.2, -0.15) is 0 Å². The summed E-state index contributed by atoms with van der Waals surface area (Å²) < 4.78 is 7.93. The number of carbonyl (C=O) groups excluding carboxylic acids is 1. The molecule has 1 aliphatic heterocycles. The zero-order valence-corrected chi connectivity index (χ0v) is 16.9. The molecule has 7 nitrogen and oxygen atoms in total. The Kier molecular flexibility index (Phi) is 7.31. The van der Waals surface area contributed by atoms with E-state index in [2.05, 4.69) is 56.7 Å². The number of aromatic nitrogens is 1. The summed E-state index contributed by atoms with van der Waals surface area (Å²) in [7, 11) is 3.48. The molecule has 1 fully saturated rings. The standard InChI is InChI=1S/C21H31N5O2/c1-25(2)20(27)16-24-21(23-15-18-8-5-14-28-18)22-11-6-12-26-13-10-17-7-3-4-9-19(17)26/h3-4,7,9-10,13,18H,5-6,8,11-12,14-16H2,1-2H3,(H2,22,23,24). The summed E-state index contributed by atoms with van der Waals surface area (Å²) in [5.41, 5.74) is 1.25. The average Bonchev–Trinajstić information content (AvgIpc) is 3.36. The Balaban J connectivity index is 1.49. The van der Waals surface area contributed by atoms with E-state index in [4.69, 9.17) is 4.74 Å². The molecule has 0 spiro atoms. The topological polar surface area (TPSA) is 70.9 Å².